The molecule has 1 aromatic rings. The Kier molecular flexibility index (Phi) is 4.76. The van der Waals surface area contributed by atoms with Crippen LogP contribution in [0.3, 0.4) is 0 Å². The summed E-state index contributed by atoms with van der Waals surface area (Å²) >= 11 is 0. The summed E-state index contributed by atoms with van der Waals surface area (Å²) in [6.45, 7) is 2.21. The highest BCUT2D eigenvalue weighted by molar-refractivity contribution is 5.20. The molecule has 1 fully saturated rings. The molecule has 0 heterocycles. The van der Waals surface area contributed by atoms with Crippen molar-refractivity contribution in [3.63, 3.8) is 0 Å². The van der Waals surface area contributed by atoms with E-state index in [1.165, 1.54) is 31.7 Å². The molecule has 0 spiro atoms. The van der Waals surface area contributed by atoms with Crippen molar-refractivity contribution in [1.82, 2.24) is 0 Å². The smallest absolute Gasteiger partial charge is 0.129 e. The highest BCUT2D eigenvalue weighted by Crippen LogP contribution is 2.39. The molecule has 2 heteroatoms. The van der Waals surface area contributed by atoms with Crippen LogP contribution in [0.4, 0.5) is 4.39 Å². The van der Waals surface area contributed by atoms with E-state index in [0.29, 0.717) is 5.56 Å². The van der Waals surface area contributed by atoms with Gasteiger partial charge < -0.3 is 5.11 Å². The van der Waals surface area contributed by atoms with E-state index in [4.69, 9.17) is 0 Å². The minimum Gasteiger partial charge on any atom is -0.388 e. The third-order valence-electron chi connectivity index (χ3n) is 4.19. The summed E-state index contributed by atoms with van der Waals surface area (Å²) in [7, 11) is 0. The third-order valence-corrected chi connectivity index (χ3v) is 4.19. The van der Waals surface area contributed by atoms with Crippen molar-refractivity contribution in [2.45, 2.75) is 51.6 Å². The molecule has 0 amide bonds. The quantitative estimate of drug-likeness (QED) is 0.836. The molecule has 1 nitrogen and oxygen atoms in total. The summed E-state index contributed by atoms with van der Waals surface area (Å²) in [6, 6.07) is 6.62. The second kappa shape index (κ2) is 6.33. The van der Waals surface area contributed by atoms with Crippen molar-refractivity contribution in [2.75, 3.05) is 0 Å². The van der Waals surface area contributed by atoms with Gasteiger partial charge in [0.1, 0.15) is 5.82 Å². The van der Waals surface area contributed by atoms with Gasteiger partial charge in [0.15, 0.2) is 0 Å². The predicted octanol–water partition coefficient (Wildman–Crippen LogP) is 4.47. The first-order valence-electron chi connectivity index (χ1n) is 7.14. The molecule has 18 heavy (non-hydrogen) atoms. The first-order valence-corrected chi connectivity index (χ1v) is 7.14. The molecule has 100 valence electrons. The van der Waals surface area contributed by atoms with Gasteiger partial charge in [0.2, 0.25) is 0 Å². The highest BCUT2D eigenvalue weighted by Gasteiger charge is 2.28. The molecule has 0 radical (unpaired) electrons. The van der Waals surface area contributed by atoms with Crippen LogP contribution in [0.15, 0.2) is 24.3 Å². The Hall–Kier alpha value is -0.890. The van der Waals surface area contributed by atoms with Crippen molar-refractivity contribution in [3.8, 4) is 0 Å². The molecule has 0 bridgehead atoms. The molecule has 0 aliphatic heterocycles. The molecule has 1 saturated carbocycles. The maximum Gasteiger partial charge on any atom is 0.129 e. The number of hydrogen-bond acceptors (Lipinski definition) is 1. The highest BCUT2D eigenvalue weighted by atomic mass is 19.1. The van der Waals surface area contributed by atoms with E-state index in [9.17, 15) is 9.50 Å². The predicted molar refractivity (Wildman–Crippen MR) is 71.7 cm³/mol. The molecule has 1 aromatic carbocycles. The summed E-state index contributed by atoms with van der Waals surface area (Å²) in [5, 5.41) is 10.4. The van der Waals surface area contributed by atoms with E-state index < -0.39 is 6.10 Å². The molecule has 1 aliphatic rings. The first-order chi connectivity index (χ1) is 8.72. The van der Waals surface area contributed by atoms with E-state index in [1.54, 1.807) is 18.2 Å². The van der Waals surface area contributed by atoms with Gasteiger partial charge in [-0.05, 0) is 30.7 Å². The number of aliphatic hydroxyl groups excluding tert-OH is 1. The number of aliphatic hydroxyl groups is 1. The Labute approximate surface area is 109 Å². The topological polar surface area (TPSA) is 20.2 Å². The molecule has 1 N–H and O–H groups in total. The number of halogens is 1. The summed E-state index contributed by atoms with van der Waals surface area (Å²) in [4.78, 5) is 0. The summed E-state index contributed by atoms with van der Waals surface area (Å²) in [6.07, 6.45) is 6.31. The fraction of sp³-hybridized carbons (Fsp3) is 0.625. The first kappa shape index (κ1) is 13.5. The second-order valence-corrected chi connectivity index (χ2v) is 5.55. The fourth-order valence-corrected chi connectivity index (χ4v) is 3.26. The van der Waals surface area contributed by atoms with Crippen LogP contribution >= 0.6 is 0 Å². The van der Waals surface area contributed by atoms with Crippen molar-refractivity contribution in [3.05, 3.63) is 35.6 Å². The van der Waals surface area contributed by atoms with Crippen LogP contribution in [0, 0.1) is 17.7 Å². The Morgan fingerprint density at radius 1 is 1.33 bits per heavy atom. The lowest BCUT2D eigenvalue weighted by atomic mass is 9.75. The maximum absolute atomic E-state index is 13.7. The van der Waals surface area contributed by atoms with Gasteiger partial charge in [-0.15, -0.1) is 0 Å². The molecule has 3 atom stereocenters. The van der Waals surface area contributed by atoms with Gasteiger partial charge in [0.25, 0.3) is 0 Å². The molecule has 2 rings (SSSR count). The SMILES string of the molecule is CCC[C@H]1CCC[C@H]([C@H](O)c2ccccc2F)C1. The summed E-state index contributed by atoms with van der Waals surface area (Å²) < 4.78 is 13.7. The van der Waals surface area contributed by atoms with E-state index in [0.717, 1.165) is 18.8 Å². The zero-order valence-electron chi connectivity index (χ0n) is 11.1. The van der Waals surface area contributed by atoms with Crippen LogP contribution in [-0.2, 0) is 0 Å². The Morgan fingerprint density at radius 3 is 2.83 bits per heavy atom. The average Bonchev–Trinajstić information content (AvgIpc) is 2.39. The van der Waals surface area contributed by atoms with E-state index in [1.807, 2.05) is 0 Å². The van der Waals surface area contributed by atoms with E-state index in [-0.39, 0.29) is 11.7 Å². The zero-order valence-corrected chi connectivity index (χ0v) is 11.1. The molecule has 0 aromatic heterocycles. The number of benzene rings is 1. The monoisotopic (exact) mass is 250 g/mol. The summed E-state index contributed by atoms with van der Waals surface area (Å²) in [5.74, 6) is 0.671. The fourth-order valence-electron chi connectivity index (χ4n) is 3.26. The normalized spacial score (nSPS) is 25.9. The van der Waals surface area contributed by atoms with Crippen LogP contribution in [-0.4, -0.2) is 5.11 Å². The molecule has 0 saturated heterocycles. The second-order valence-electron chi connectivity index (χ2n) is 5.55. The van der Waals surface area contributed by atoms with Gasteiger partial charge in [-0.3, -0.25) is 0 Å². The van der Waals surface area contributed by atoms with Gasteiger partial charge in [-0.2, -0.15) is 0 Å². The number of rotatable bonds is 4. The van der Waals surface area contributed by atoms with Crippen molar-refractivity contribution in [2.24, 2.45) is 11.8 Å². The minimum atomic E-state index is -0.633. The standard InChI is InChI=1S/C16H23FO/c1-2-6-12-7-5-8-13(11-12)16(18)14-9-3-4-10-15(14)17/h3-4,9-10,12-13,16,18H,2,5-8,11H2,1H3/t12-,13-,16-/m0/s1. The molecular weight excluding hydrogens is 227 g/mol. The Morgan fingerprint density at radius 2 is 2.11 bits per heavy atom. The zero-order chi connectivity index (χ0) is 13.0. The Bertz CT molecular complexity index is 375. The lowest BCUT2D eigenvalue weighted by Gasteiger charge is -2.32. The molecular formula is C16H23FO. The molecule has 1 aliphatic carbocycles. The third kappa shape index (κ3) is 3.11. The van der Waals surface area contributed by atoms with Gasteiger partial charge in [0, 0.05) is 5.56 Å². The van der Waals surface area contributed by atoms with Crippen LogP contribution in [0.1, 0.15) is 57.1 Å². The molecule has 0 unspecified atom stereocenters. The Balaban J connectivity index is 2.04. The van der Waals surface area contributed by atoms with Gasteiger partial charge >= 0.3 is 0 Å². The van der Waals surface area contributed by atoms with Crippen molar-refractivity contribution < 1.29 is 9.50 Å². The van der Waals surface area contributed by atoms with Gasteiger partial charge in [0.05, 0.1) is 6.10 Å². The lowest BCUT2D eigenvalue weighted by Crippen LogP contribution is -2.22. The van der Waals surface area contributed by atoms with E-state index in [2.05, 4.69) is 6.92 Å². The lowest BCUT2D eigenvalue weighted by molar-refractivity contribution is 0.0640. The minimum absolute atomic E-state index is 0.229. The number of hydrogen-bond donors (Lipinski definition) is 1. The van der Waals surface area contributed by atoms with Gasteiger partial charge in [-0.25, -0.2) is 4.39 Å². The largest absolute Gasteiger partial charge is 0.388 e. The van der Waals surface area contributed by atoms with Crippen LogP contribution in [0.2, 0.25) is 0 Å². The van der Waals surface area contributed by atoms with Crippen molar-refractivity contribution >= 4 is 0 Å². The van der Waals surface area contributed by atoms with Gasteiger partial charge in [-0.1, -0.05) is 50.8 Å². The van der Waals surface area contributed by atoms with Crippen LogP contribution in [0.25, 0.3) is 0 Å². The van der Waals surface area contributed by atoms with Crippen LogP contribution < -0.4 is 0 Å². The van der Waals surface area contributed by atoms with Crippen LogP contribution in [0.5, 0.6) is 0 Å². The average molecular weight is 250 g/mol. The van der Waals surface area contributed by atoms with E-state index >= 15 is 0 Å². The maximum atomic E-state index is 13.7. The van der Waals surface area contributed by atoms with Crippen molar-refractivity contribution in [1.29, 1.82) is 0 Å². The summed E-state index contributed by atoms with van der Waals surface area (Å²) in [5.41, 5.74) is 0.472.